The zero-order valence-corrected chi connectivity index (χ0v) is 10.5. The van der Waals surface area contributed by atoms with E-state index in [2.05, 4.69) is 4.98 Å². The first-order valence-corrected chi connectivity index (χ1v) is 7.17. The first-order valence-electron chi connectivity index (χ1n) is 4.91. The topological polar surface area (TPSA) is 51.4 Å². The van der Waals surface area contributed by atoms with E-state index in [1.54, 1.807) is 12.3 Å². The average Bonchev–Trinajstić information content (AvgIpc) is 2.72. The van der Waals surface area contributed by atoms with E-state index in [0.717, 1.165) is 5.69 Å². The molecule has 0 saturated carbocycles. The van der Waals surface area contributed by atoms with E-state index < -0.39 is 10.2 Å². The molecule has 7 heteroatoms. The van der Waals surface area contributed by atoms with Crippen molar-refractivity contribution in [3.05, 3.63) is 16.8 Å². The minimum atomic E-state index is -4.72. The van der Waals surface area contributed by atoms with Gasteiger partial charge in [-0.3, -0.25) is 4.40 Å². The number of nitrogens with zero attached hydrogens (tertiary/aromatic N) is 2. The lowest BCUT2D eigenvalue weighted by Gasteiger charge is -1.99. The molecule has 2 aromatic heterocycles. The van der Waals surface area contributed by atoms with Crippen molar-refractivity contribution in [3.63, 3.8) is 0 Å². The summed E-state index contributed by atoms with van der Waals surface area (Å²) in [5, 5.41) is 1.50. The molecule has 2 heterocycles. The molecule has 0 aliphatic heterocycles. The average molecular weight is 262 g/mol. The third-order valence-corrected chi connectivity index (χ3v) is 4.14. The largest absolute Gasteiger partial charge is 0.350 e. The van der Waals surface area contributed by atoms with Gasteiger partial charge in [-0.25, -0.2) is 4.98 Å². The molecule has 88 valence electrons. The molecule has 2 rings (SSSR count). The van der Waals surface area contributed by atoms with E-state index in [0.29, 0.717) is 23.5 Å². The molecular weight excluding hydrogens is 251 g/mol. The van der Waals surface area contributed by atoms with E-state index >= 15 is 0 Å². The Morgan fingerprint density at radius 2 is 2.12 bits per heavy atom. The normalized spacial score (nSPS) is 12.4. The van der Waals surface area contributed by atoms with Gasteiger partial charge in [-0.2, -0.15) is 8.42 Å². The second-order valence-electron chi connectivity index (χ2n) is 3.35. The summed E-state index contributed by atoms with van der Waals surface area (Å²) in [5.74, 6) is 0. The molecule has 0 atom stereocenters. The number of thiazole rings is 1. The summed E-state index contributed by atoms with van der Waals surface area (Å²) < 4.78 is 36.9. The molecule has 0 unspecified atom stereocenters. The van der Waals surface area contributed by atoms with Crippen molar-refractivity contribution in [3.8, 4) is 0 Å². The van der Waals surface area contributed by atoms with Crippen molar-refractivity contribution in [1.82, 2.24) is 9.38 Å². The van der Waals surface area contributed by atoms with Gasteiger partial charge in [0.15, 0.2) is 9.99 Å². The third kappa shape index (κ3) is 1.63. The van der Waals surface area contributed by atoms with Crippen molar-refractivity contribution < 1.29 is 12.3 Å². The van der Waals surface area contributed by atoms with Gasteiger partial charge in [0.1, 0.15) is 0 Å². The van der Waals surface area contributed by atoms with Crippen LogP contribution >= 0.6 is 11.3 Å². The quantitative estimate of drug-likeness (QED) is 0.797. The van der Waals surface area contributed by atoms with Crippen LogP contribution in [0.2, 0.25) is 0 Å². The van der Waals surface area contributed by atoms with Crippen molar-refractivity contribution in [1.29, 1.82) is 0 Å². The molecule has 16 heavy (non-hydrogen) atoms. The van der Waals surface area contributed by atoms with Gasteiger partial charge >= 0.3 is 10.2 Å². The Hall–Kier alpha value is -0.950. The number of rotatable bonds is 3. The van der Waals surface area contributed by atoms with Crippen LogP contribution in [-0.4, -0.2) is 17.8 Å². The van der Waals surface area contributed by atoms with E-state index in [-0.39, 0.29) is 5.03 Å². The van der Waals surface area contributed by atoms with Crippen molar-refractivity contribution >= 4 is 26.5 Å². The Kier molecular flexibility index (Phi) is 2.75. The highest BCUT2D eigenvalue weighted by atomic mass is 32.3. The highest BCUT2D eigenvalue weighted by molar-refractivity contribution is 7.86. The molecule has 0 N–H and O–H groups in total. The zero-order chi connectivity index (χ0) is 11.9. The summed E-state index contributed by atoms with van der Waals surface area (Å²) in [4.78, 5) is 4.66. The highest BCUT2D eigenvalue weighted by Gasteiger charge is 2.25. The predicted molar refractivity (Wildman–Crippen MR) is 60.1 cm³/mol. The number of aromatic nitrogens is 2. The molecule has 0 radical (unpaired) electrons. The first-order chi connectivity index (χ1) is 7.49. The standard InChI is InChI=1S/C9H11FN2O2S2/c1-3-6-5-15-9-11-7(4-2)8(12(6)9)16(10,13)14/h5H,3-4H2,1-2H3. The summed E-state index contributed by atoms with van der Waals surface area (Å²) in [6, 6.07) is 0. The SMILES string of the molecule is CCc1nc2scc(CC)n2c1S(=O)(=O)F. The second-order valence-corrected chi connectivity index (χ2v) is 5.45. The lowest BCUT2D eigenvalue weighted by atomic mass is 10.3. The monoisotopic (exact) mass is 262 g/mol. The van der Waals surface area contributed by atoms with E-state index in [9.17, 15) is 12.3 Å². The van der Waals surface area contributed by atoms with Gasteiger partial charge in [-0.15, -0.1) is 11.3 Å². The van der Waals surface area contributed by atoms with Gasteiger partial charge < -0.3 is 0 Å². The minimum absolute atomic E-state index is 0.295. The molecule has 4 nitrogen and oxygen atoms in total. The van der Waals surface area contributed by atoms with Crippen molar-refractivity contribution in [2.24, 2.45) is 0 Å². The van der Waals surface area contributed by atoms with Gasteiger partial charge in [0, 0.05) is 11.1 Å². The Morgan fingerprint density at radius 3 is 2.62 bits per heavy atom. The Bertz CT molecular complexity index is 627. The van der Waals surface area contributed by atoms with Gasteiger partial charge in [0.05, 0.1) is 5.69 Å². The van der Waals surface area contributed by atoms with Crippen LogP contribution in [0.15, 0.2) is 10.4 Å². The number of fused-ring (bicyclic) bond motifs is 1. The van der Waals surface area contributed by atoms with E-state index in [1.165, 1.54) is 15.7 Å². The first kappa shape index (κ1) is 11.5. The smallest absolute Gasteiger partial charge is 0.276 e. The Balaban J connectivity index is 2.89. The number of aryl methyl sites for hydroxylation is 2. The molecule has 0 spiro atoms. The van der Waals surface area contributed by atoms with Crippen LogP contribution in [0.5, 0.6) is 0 Å². The summed E-state index contributed by atoms with van der Waals surface area (Å²) in [5.41, 5.74) is 1.06. The summed E-state index contributed by atoms with van der Waals surface area (Å²) in [6.07, 6.45) is 1.04. The lowest BCUT2D eigenvalue weighted by Crippen LogP contribution is -2.03. The second kappa shape index (κ2) is 3.81. The number of halogens is 1. The van der Waals surface area contributed by atoms with Crippen molar-refractivity contribution in [2.75, 3.05) is 0 Å². The fraction of sp³-hybridized carbons (Fsp3) is 0.444. The molecule has 0 bridgehead atoms. The number of hydrogen-bond donors (Lipinski definition) is 0. The Morgan fingerprint density at radius 1 is 1.44 bits per heavy atom. The summed E-state index contributed by atoms with van der Waals surface area (Å²) in [7, 11) is -4.72. The summed E-state index contributed by atoms with van der Waals surface area (Å²) >= 11 is 1.33. The molecule has 2 aromatic rings. The molecule has 0 amide bonds. The number of hydrogen-bond acceptors (Lipinski definition) is 4. The maximum atomic E-state index is 13.2. The molecule has 0 fully saturated rings. The maximum Gasteiger partial charge on any atom is 0.350 e. The predicted octanol–water partition coefficient (Wildman–Crippen LogP) is 2.18. The molecule has 0 saturated heterocycles. The number of imidazole rings is 1. The van der Waals surface area contributed by atoms with Crippen LogP contribution in [0.4, 0.5) is 3.89 Å². The van der Waals surface area contributed by atoms with Crippen LogP contribution in [0, 0.1) is 0 Å². The fourth-order valence-electron chi connectivity index (χ4n) is 1.66. The van der Waals surface area contributed by atoms with Crippen LogP contribution in [-0.2, 0) is 23.1 Å². The Labute approximate surface area is 97.0 Å². The molecule has 0 aliphatic carbocycles. The fourth-order valence-corrected chi connectivity index (χ4v) is 3.60. The molecular formula is C9H11FN2O2S2. The molecule has 0 aromatic carbocycles. The van der Waals surface area contributed by atoms with Crippen LogP contribution in [0.25, 0.3) is 4.96 Å². The van der Waals surface area contributed by atoms with Gasteiger partial charge in [0.2, 0.25) is 0 Å². The molecule has 0 aliphatic rings. The van der Waals surface area contributed by atoms with Gasteiger partial charge in [-0.05, 0) is 12.8 Å². The van der Waals surface area contributed by atoms with Crippen LogP contribution < -0.4 is 0 Å². The zero-order valence-electron chi connectivity index (χ0n) is 8.90. The summed E-state index contributed by atoms with van der Waals surface area (Å²) in [6.45, 7) is 3.65. The van der Waals surface area contributed by atoms with Gasteiger partial charge in [0.25, 0.3) is 0 Å². The van der Waals surface area contributed by atoms with Crippen LogP contribution in [0.1, 0.15) is 25.2 Å². The lowest BCUT2D eigenvalue weighted by molar-refractivity contribution is 0.544. The maximum absolute atomic E-state index is 13.2. The van der Waals surface area contributed by atoms with E-state index in [1.807, 2.05) is 6.92 Å². The van der Waals surface area contributed by atoms with E-state index in [4.69, 9.17) is 0 Å². The highest BCUT2D eigenvalue weighted by Crippen LogP contribution is 2.26. The van der Waals surface area contributed by atoms with Crippen molar-refractivity contribution in [2.45, 2.75) is 31.7 Å². The minimum Gasteiger partial charge on any atom is -0.276 e. The third-order valence-electron chi connectivity index (χ3n) is 2.39. The van der Waals surface area contributed by atoms with Gasteiger partial charge in [-0.1, -0.05) is 17.7 Å². The van der Waals surface area contributed by atoms with Crippen LogP contribution in [0.3, 0.4) is 0 Å².